The van der Waals surface area contributed by atoms with Gasteiger partial charge >= 0.3 is 12.4 Å². The molecule has 0 fully saturated rings. The molecule has 0 saturated carbocycles. The molecule has 0 spiro atoms. The molecule has 118 valence electrons. The van der Waals surface area contributed by atoms with Gasteiger partial charge in [-0.2, -0.15) is 26.3 Å². The molecule has 0 unspecified atom stereocenters. The molecule has 21 heavy (non-hydrogen) atoms. The van der Waals surface area contributed by atoms with Crippen molar-refractivity contribution >= 4 is 5.91 Å². The summed E-state index contributed by atoms with van der Waals surface area (Å²) < 4.78 is 87.4. The Kier molecular flexibility index (Phi) is 4.85. The van der Waals surface area contributed by atoms with E-state index in [2.05, 4.69) is 0 Å². The molecule has 1 rings (SSSR count). The van der Waals surface area contributed by atoms with E-state index in [9.17, 15) is 35.5 Å². The maximum atomic E-state index is 13.1. The van der Waals surface area contributed by atoms with Gasteiger partial charge in [0.05, 0.1) is 5.56 Å². The first-order valence-electron chi connectivity index (χ1n) is 5.68. The Balaban J connectivity index is 3.13. The maximum absolute atomic E-state index is 13.1. The van der Waals surface area contributed by atoms with Crippen LogP contribution in [0.1, 0.15) is 22.8 Å². The average Bonchev–Trinajstić information content (AvgIpc) is 2.33. The van der Waals surface area contributed by atoms with Crippen molar-refractivity contribution in [1.29, 1.82) is 0 Å². The number of nitrogens with zero attached hydrogens (tertiary/aromatic N) is 1. The van der Waals surface area contributed by atoms with Gasteiger partial charge in [0, 0.05) is 12.1 Å². The topological polar surface area (TPSA) is 20.3 Å². The van der Waals surface area contributed by atoms with Gasteiger partial charge in [-0.25, -0.2) is 4.39 Å². The van der Waals surface area contributed by atoms with E-state index in [1.165, 1.54) is 6.92 Å². The minimum absolute atomic E-state index is 0.205. The highest BCUT2D eigenvalue weighted by atomic mass is 19.4. The summed E-state index contributed by atoms with van der Waals surface area (Å²) in [7, 11) is 0. The summed E-state index contributed by atoms with van der Waals surface area (Å²) in [6, 6.07) is 1.32. The molecule has 0 heterocycles. The van der Waals surface area contributed by atoms with Crippen molar-refractivity contribution in [2.75, 3.05) is 13.1 Å². The normalized spacial score (nSPS) is 12.4. The fraction of sp³-hybridized carbons (Fsp3) is 0.417. The molecule has 0 bridgehead atoms. The zero-order chi connectivity index (χ0) is 16.4. The van der Waals surface area contributed by atoms with Gasteiger partial charge in [0.25, 0.3) is 5.91 Å². The molecule has 0 aromatic heterocycles. The lowest BCUT2D eigenvalue weighted by molar-refractivity contribution is -0.141. The van der Waals surface area contributed by atoms with Gasteiger partial charge in [-0.3, -0.25) is 4.79 Å². The minimum atomic E-state index is -5.04. The third kappa shape index (κ3) is 4.61. The van der Waals surface area contributed by atoms with Gasteiger partial charge < -0.3 is 4.90 Å². The van der Waals surface area contributed by atoms with Crippen LogP contribution in [0, 0.1) is 5.82 Å². The highest BCUT2D eigenvalue weighted by Gasteiger charge is 2.36. The third-order valence-electron chi connectivity index (χ3n) is 2.56. The molecular weight excluding hydrogens is 307 g/mol. The zero-order valence-electron chi connectivity index (χ0n) is 10.6. The Morgan fingerprint density at radius 2 is 1.71 bits per heavy atom. The van der Waals surface area contributed by atoms with Crippen molar-refractivity contribution in [3.63, 3.8) is 0 Å². The van der Waals surface area contributed by atoms with Crippen molar-refractivity contribution < 1.29 is 35.5 Å². The molecule has 0 N–H and O–H groups in total. The van der Waals surface area contributed by atoms with Crippen LogP contribution in [0.3, 0.4) is 0 Å². The lowest BCUT2D eigenvalue weighted by atomic mass is 10.1. The molecule has 1 aromatic rings. The molecule has 1 aromatic carbocycles. The maximum Gasteiger partial charge on any atom is 0.419 e. The van der Waals surface area contributed by atoms with Gasteiger partial charge in [-0.15, -0.1) is 0 Å². The lowest BCUT2D eigenvalue weighted by Crippen LogP contribution is -2.38. The van der Waals surface area contributed by atoms with Crippen LogP contribution in [0.2, 0.25) is 0 Å². The number of benzene rings is 1. The van der Waals surface area contributed by atoms with Crippen LogP contribution in [0.25, 0.3) is 0 Å². The average molecular weight is 317 g/mol. The lowest BCUT2D eigenvalue weighted by Gasteiger charge is -2.22. The second-order valence-corrected chi connectivity index (χ2v) is 4.13. The van der Waals surface area contributed by atoms with Crippen LogP contribution in [0.4, 0.5) is 30.7 Å². The third-order valence-corrected chi connectivity index (χ3v) is 2.56. The van der Waals surface area contributed by atoms with Gasteiger partial charge in [0.1, 0.15) is 12.4 Å². The summed E-state index contributed by atoms with van der Waals surface area (Å²) in [5, 5.41) is 0. The number of hydrogen-bond donors (Lipinski definition) is 0. The summed E-state index contributed by atoms with van der Waals surface area (Å²) in [6.07, 6.45) is -9.72. The van der Waals surface area contributed by atoms with Gasteiger partial charge in [-0.1, -0.05) is 0 Å². The number of alkyl halides is 6. The predicted octanol–water partition coefficient (Wildman–Crippen LogP) is 3.87. The summed E-state index contributed by atoms with van der Waals surface area (Å²) in [5.41, 5.74) is -2.36. The number of hydrogen-bond acceptors (Lipinski definition) is 1. The van der Waals surface area contributed by atoms with Crippen molar-refractivity contribution in [2.45, 2.75) is 19.3 Å². The first-order chi connectivity index (χ1) is 9.45. The fourth-order valence-corrected chi connectivity index (χ4v) is 1.60. The van der Waals surface area contributed by atoms with E-state index in [1.54, 1.807) is 0 Å². The van der Waals surface area contributed by atoms with Crippen LogP contribution >= 0.6 is 0 Å². The van der Waals surface area contributed by atoms with E-state index in [-0.39, 0.29) is 12.6 Å². The zero-order valence-corrected chi connectivity index (χ0v) is 10.6. The van der Waals surface area contributed by atoms with Crippen LogP contribution in [-0.4, -0.2) is 30.1 Å². The summed E-state index contributed by atoms with van der Waals surface area (Å²) >= 11 is 0. The standard InChI is InChI=1S/C12H10F7NO/c1-2-20(6-11(14,15)16)10(21)7-3-4-9(13)8(5-7)12(17,18)19/h3-5H,2,6H2,1H3. The van der Waals surface area contributed by atoms with E-state index in [4.69, 9.17) is 0 Å². The number of rotatable bonds is 3. The SMILES string of the molecule is CCN(CC(F)(F)F)C(=O)c1ccc(F)c(C(F)(F)F)c1. The summed E-state index contributed by atoms with van der Waals surface area (Å²) in [5.74, 6) is -2.85. The van der Waals surface area contributed by atoms with Crippen LogP contribution < -0.4 is 0 Å². The van der Waals surface area contributed by atoms with E-state index < -0.39 is 41.7 Å². The molecule has 2 nitrogen and oxygen atoms in total. The monoisotopic (exact) mass is 317 g/mol. The van der Waals surface area contributed by atoms with Crippen LogP contribution in [0.5, 0.6) is 0 Å². The Morgan fingerprint density at radius 3 is 2.14 bits per heavy atom. The quantitative estimate of drug-likeness (QED) is 0.775. The van der Waals surface area contributed by atoms with Gasteiger partial charge in [-0.05, 0) is 25.1 Å². The minimum Gasteiger partial charge on any atom is -0.330 e. The Bertz CT molecular complexity index is 521. The largest absolute Gasteiger partial charge is 0.419 e. The molecule has 0 aliphatic rings. The van der Waals surface area contributed by atoms with E-state index in [0.717, 1.165) is 0 Å². The van der Waals surface area contributed by atoms with Crippen LogP contribution in [-0.2, 0) is 6.18 Å². The second-order valence-electron chi connectivity index (χ2n) is 4.13. The second kappa shape index (κ2) is 5.90. The number of carbonyl (C=O) groups is 1. The first kappa shape index (κ1) is 17.3. The van der Waals surface area contributed by atoms with Crippen molar-refractivity contribution in [1.82, 2.24) is 4.90 Å². The van der Waals surface area contributed by atoms with Gasteiger partial charge in [0.2, 0.25) is 0 Å². The van der Waals surface area contributed by atoms with Crippen molar-refractivity contribution in [3.05, 3.63) is 35.1 Å². The Labute approximate surface area is 115 Å². The molecule has 0 atom stereocenters. The van der Waals surface area contributed by atoms with E-state index >= 15 is 0 Å². The molecule has 0 saturated heterocycles. The molecule has 9 heteroatoms. The van der Waals surface area contributed by atoms with Gasteiger partial charge in [0.15, 0.2) is 0 Å². The van der Waals surface area contributed by atoms with Crippen molar-refractivity contribution in [3.8, 4) is 0 Å². The van der Waals surface area contributed by atoms with Crippen LogP contribution in [0.15, 0.2) is 18.2 Å². The van der Waals surface area contributed by atoms with Crippen molar-refractivity contribution in [2.24, 2.45) is 0 Å². The highest BCUT2D eigenvalue weighted by molar-refractivity contribution is 5.94. The summed E-state index contributed by atoms with van der Waals surface area (Å²) in [6.45, 7) is -0.698. The predicted molar refractivity (Wildman–Crippen MR) is 59.0 cm³/mol. The molecule has 0 aliphatic heterocycles. The smallest absolute Gasteiger partial charge is 0.330 e. The number of amides is 1. The highest BCUT2D eigenvalue weighted by Crippen LogP contribution is 2.32. The fourth-order valence-electron chi connectivity index (χ4n) is 1.60. The molecular formula is C12H10F7NO. The summed E-state index contributed by atoms with van der Waals surface area (Å²) in [4.78, 5) is 12.1. The van der Waals surface area contributed by atoms with E-state index in [1.807, 2.05) is 0 Å². The Hall–Kier alpha value is -1.80. The Morgan fingerprint density at radius 1 is 1.14 bits per heavy atom. The molecule has 0 radical (unpaired) electrons. The number of halogens is 7. The molecule has 0 aliphatic carbocycles. The first-order valence-corrected chi connectivity index (χ1v) is 5.68. The number of carbonyl (C=O) groups excluding carboxylic acids is 1. The molecule has 1 amide bonds. The van der Waals surface area contributed by atoms with E-state index in [0.29, 0.717) is 17.0 Å².